The predicted octanol–water partition coefficient (Wildman–Crippen LogP) is -2.03. The first-order valence-electron chi connectivity index (χ1n) is 4.42. The van der Waals surface area contributed by atoms with Crippen LogP contribution in [-0.4, -0.2) is 51.1 Å². The largest absolute Gasteiger partial charge is 0.480 e. The highest BCUT2D eigenvalue weighted by Crippen LogP contribution is 1.94. The molecule has 1 unspecified atom stereocenters. The van der Waals surface area contributed by atoms with Gasteiger partial charge in [-0.25, -0.2) is 0 Å². The molecule has 1 atom stereocenters. The lowest BCUT2D eigenvalue weighted by atomic mass is 9.95. The van der Waals surface area contributed by atoms with Gasteiger partial charge in [-0.2, -0.15) is 0 Å². The molecule has 1 aromatic rings. The Hall–Kier alpha value is -1.90. The minimum absolute atomic E-state index is 0.0000463. The van der Waals surface area contributed by atoms with Crippen LogP contribution in [0.2, 0.25) is 0 Å². The summed E-state index contributed by atoms with van der Waals surface area (Å²) in [6.45, 7) is 1.62. The van der Waals surface area contributed by atoms with E-state index in [4.69, 9.17) is 5.11 Å². The number of aliphatic carboxylic acids is 1. The Labute approximate surface area is 91.7 Å². The lowest BCUT2D eigenvalue weighted by Crippen LogP contribution is -2.41. The number of aryl methyl sites for hydroxylation is 1. The van der Waals surface area contributed by atoms with Crippen molar-refractivity contribution >= 4 is 19.6 Å². The number of aromatic nitrogens is 4. The van der Waals surface area contributed by atoms with Gasteiger partial charge in [0.15, 0.2) is 11.6 Å². The van der Waals surface area contributed by atoms with Crippen molar-refractivity contribution in [1.82, 2.24) is 25.6 Å². The number of carbonyl (C=O) groups is 2. The summed E-state index contributed by atoms with van der Waals surface area (Å²) in [5, 5.41) is 25.9. The zero-order valence-electron chi connectivity index (χ0n) is 8.49. The van der Waals surface area contributed by atoms with Crippen LogP contribution < -0.4 is 5.23 Å². The monoisotopic (exact) mass is 222 g/mol. The molecule has 8 nitrogen and oxygen atoms in total. The smallest absolute Gasteiger partial charge is 0.320 e. The van der Waals surface area contributed by atoms with E-state index in [1.807, 2.05) is 0 Å². The van der Waals surface area contributed by atoms with Gasteiger partial charge in [-0.3, -0.25) is 4.79 Å². The second-order valence-electron chi connectivity index (χ2n) is 2.93. The Morgan fingerprint density at radius 1 is 1.50 bits per heavy atom. The van der Waals surface area contributed by atoms with Crippen molar-refractivity contribution < 1.29 is 14.7 Å². The van der Waals surface area contributed by atoms with Gasteiger partial charge in [-0.1, -0.05) is 0 Å². The third kappa shape index (κ3) is 3.69. The Kier molecular flexibility index (Phi) is 4.46. The fourth-order valence-corrected chi connectivity index (χ4v) is 0.937. The molecule has 0 bridgehead atoms. The van der Waals surface area contributed by atoms with Gasteiger partial charge in [0.25, 0.3) is 7.41 Å². The third-order valence-electron chi connectivity index (χ3n) is 1.67. The van der Waals surface area contributed by atoms with E-state index in [1.54, 1.807) is 6.92 Å². The molecule has 83 valence electrons. The summed E-state index contributed by atoms with van der Waals surface area (Å²) in [6, 6.07) is -0.975. The summed E-state index contributed by atoms with van der Waals surface area (Å²) < 4.78 is 0. The molecule has 0 aliphatic heterocycles. The normalized spacial score (nSPS) is 11.8. The number of hydrogen-bond donors (Lipinski definition) is 2. The molecular formula is C7H9BN5O3. The van der Waals surface area contributed by atoms with Crippen LogP contribution in [0.3, 0.4) is 0 Å². The number of rotatable bonds is 6. The van der Waals surface area contributed by atoms with Gasteiger partial charge in [0.05, 0.1) is 6.19 Å². The molecule has 0 fully saturated rings. The maximum atomic E-state index is 10.8. The molecule has 0 spiro atoms. The first-order valence-corrected chi connectivity index (χ1v) is 4.42. The van der Waals surface area contributed by atoms with Crippen molar-refractivity contribution in [2.45, 2.75) is 19.4 Å². The molecule has 0 aliphatic rings. The minimum atomic E-state index is -1.11. The minimum Gasteiger partial charge on any atom is -0.480 e. The lowest BCUT2D eigenvalue weighted by Gasteiger charge is -2.10. The lowest BCUT2D eigenvalue weighted by molar-refractivity contribution is -0.138. The van der Waals surface area contributed by atoms with E-state index in [0.717, 1.165) is 7.41 Å². The predicted molar refractivity (Wildman–Crippen MR) is 53.1 cm³/mol. The van der Waals surface area contributed by atoms with E-state index >= 15 is 0 Å². The van der Waals surface area contributed by atoms with Crippen LogP contribution in [0.4, 0.5) is 0 Å². The van der Waals surface area contributed by atoms with Crippen LogP contribution in [0.1, 0.15) is 11.6 Å². The molecule has 0 saturated heterocycles. The van der Waals surface area contributed by atoms with Crippen molar-refractivity contribution in [2.75, 3.05) is 0 Å². The van der Waals surface area contributed by atoms with Crippen molar-refractivity contribution in [3.05, 3.63) is 11.6 Å². The van der Waals surface area contributed by atoms with Gasteiger partial charge in [0, 0.05) is 6.42 Å². The number of nitrogens with one attached hydrogen (secondary N) is 1. The molecule has 0 aromatic carbocycles. The summed E-state index contributed by atoms with van der Waals surface area (Å²) in [5.41, 5.74) is 0. The first-order chi connectivity index (χ1) is 7.63. The summed E-state index contributed by atoms with van der Waals surface area (Å²) in [4.78, 5) is 20.8. The van der Waals surface area contributed by atoms with Crippen LogP contribution in [0.15, 0.2) is 0 Å². The van der Waals surface area contributed by atoms with Crippen LogP contribution in [0.25, 0.3) is 0 Å². The van der Waals surface area contributed by atoms with E-state index < -0.39 is 12.0 Å². The fourth-order valence-electron chi connectivity index (χ4n) is 0.937. The zero-order valence-corrected chi connectivity index (χ0v) is 8.49. The van der Waals surface area contributed by atoms with Gasteiger partial charge in [0.1, 0.15) is 6.04 Å². The fraction of sp³-hybridized carbons (Fsp3) is 0.429. The maximum Gasteiger partial charge on any atom is 0.320 e. The molecule has 2 N–H and O–H groups in total. The first kappa shape index (κ1) is 12.2. The number of nitrogens with zero attached hydrogens (tertiary/aromatic N) is 4. The molecule has 1 heterocycles. The van der Waals surface area contributed by atoms with Gasteiger partial charge in [0.2, 0.25) is 0 Å². The van der Waals surface area contributed by atoms with Crippen LogP contribution in [-0.2, 0) is 16.0 Å². The van der Waals surface area contributed by atoms with E-state index in [9.17, 15) is 9.59 Å². The molecule has 1 radical (unpaired) electrons. The van der Waals surface area contributed by atoms with Crippen LogP contribution >= 0.6 is 0 Å². The number of carbonyl (C=O) groups excluding carboxylic acids is 1. The SMILES string of the molecule is Cc1nnc(CC(N[B]C=O)C(=O)O)nn1. The number of carboxylic acid groups (broad SMARTS) is 1. The Morgan fingerprint density at radius 2 is 2.12 bits per heavy atom. The van der Waals surface area contributed by atoms with Crippen molar-refractivity contribution in [1.29, 1.82) is 0 Å². The molecule has 9 heteroatoms. The molecule has 0 amide bonds. The van der Waals surface area contributed by atoms with Crippen molar-refractivity contribution in [3.63, 3.8) is 0 Å². The summed E-state index contributed by atoms with van der Waals surface area (Å²) in [6.07, 6.45) is 0.461. The molecular weight excluding hydrogens is 213 g/mol. The van der Waals surface area contributed by atoms with E-state index in [-0.39, 0.29) is 12.2 Å². The highest BCUT2D eigenvalue weighted by atomic mass is 16.4. The molecule has 1 rings (SSSR count). The zero-order chi connectivity index (χ0) is 12.0. The topological polar surface area (TPSA) is 118 Å². The molecule has 16 heavy (non-hydrogen) atoms. The maximum absolute atomic E-state index is 10.8. The van der Waals surface area contributed by atoms with E-state index in [1.165, 1.54) is 0 Å². The summed E-state index contributed by atoms with van der Waals surface area (Å²) in [5.74, 6) is -0.505. The van der Waals surface area contributed by atoms with E-state index in [2.05, 4.69) is 25.6 Å². The third-order valence-corrected chi connectivity index (χ3v) is 1.67. The molecule has 0 aliphatic carbocycles. The van der Waals surface area contributed by atoms with Gasteiger partial charge < -0.3 is 15.1 Å². The van der Waals surface area contributed by atoms with E-state index in [0.29, 0.717) is 12.0 Å². The highest BCUT2D eigenvalue weighted by Gasteiger charge is 2.19. The second kappa shape index (κ2) is 5.86. The second-order valence-corrected chi connectivity index (χ2v) is 2.93. The van der Waals surface area contributed by atoms with Crippen molar-refractivity contribution in [2.24, 2.45) is 0 Å². The number of hydrogen-bond acceptors (Lipinski definition) is 7. The Bertz CT molecular complexity index is 371. The average molecular weight is 222 g/mol. The quantitative estimate of drug-likeness (QED) is 0.417. The average Bonchev–Trinajstić information content (AvgIpc) is 2.26. The van der Waals surface area contributed by atoms with Gasteiger partial charge >= 0.3 is 5.97 Å². The highest BCUT2D eigenvalue weighted by molar-refractivity contribution is 6.64. The van der Waals surface area contributed by atoms with Gasteiger partial charge in [-0.05, 0) is 6.92 Å². The number of carboxylic acids is 1. The molecule has 0 saturated carbocycles. The van der Waals surface area contributed by atoms with Crippen LogP contribution in [0, 0.1) is 6.92 Å². The standard InChI is InChI=1S/C7H9BN5O3/c1-4-10-12-6(13-11-4)2-5(7(15)16)9-8-3-14/h3,5,9H,2H2,1H3,(H,15,16). The Morgan fingerprint density at radius 3 is 2.62 bits per heavy atom. The molecule has 1 aromatic heterocycles. The van der Waals surface area contributed by atoms with Crippen molar-refractivity contribution in [3.8, 4) is 0 Å². The summed E-state index contributed by atoms with van der Waals surface area (Å²) in [7, 11) is 1.01. The van der Waals surface area contributed by atoms with Gasteiger partial charge in [-0.15, -0.1) is 20.4 Å². The Balaban J connectivity index is 2.63. The summed E-state index contributed by atoms with van der Waals surface area (Å²) >= 11 is 0. The van der Waals surface area contributed by atoms with Crippen LogP contribution in [0.5, 0.6) is 0 Å².